The van der Waals surface area contributed by atoms with Crippen molar-refractivity contribution in [3.8, 4) is 0 Å². The van der Waals surface area contributed by atoms with Crippen LogP contribution in [0.5, 0.6) is 0 Å². The summed E-state index contributed by atoms with van der Waals surface area (Å²) in [5.74, 6) is -1.15. The van der Waals surface area contributed by atoms with Gasteiger partial charge in [0.2, 0.25) is 0 Å². The Bertz CT molecular complexity index is 277. The molecule has 90 valence electrons. The highest BCUT2D eigenvalue weighted by atomic mass is 16.6. The number of hydrogen-bond acceptors (Lipinski definition) is 4. The van der Waals surface area contributed by atoms with Crippen LogP contribution in [0.1, 0.15) is 51.9 Å². The van der Waals surface area contributed by atoms with E-state index in [4.69, 9.17) is 0 Å². The molecule has 16 heavy (non-hydrogen) atoms. The molecule has 0 N–H and O–H groups in total. The van der Waals surface area contributed by atoms with Crippen molar-refractivity contribution in [3.63, 3.8) is 0 Å². The van der Waals surface area contributed by atoms with Crippen LogP contribution < -0.4 is 0 Å². The van der Waals surface area contributed by atoms with Gasteiger partial charge < -0.3 is 4.74 Å². The van der Waals surface area contributed by atoms with E-state index in [0.717, 1.165) is 25.7 Å². The first-order valence-electron chi connectivity index (χ1n) is 5.81. The van der Waals surface area contributed by atoms with Crippen LogP contribution in [0.4, 0.5) is 0 Å². The molecule has 1 rings (SSSR count). The fraction of sp³-hybridized carbons (Fsp3) is 0.750. The number of Topliss-reactive ketones (excluding diaryl/α,β-unsaturated/α-hetero) is 1. The Morgan fingerprint density at radius 2 is 1.69 bits per heavy atom. The summed E-state index contributed by atoms with van der Waals surface area (Å²) >= 11 is 0. The quantitative estimate of drug-likeness (QED) is 0.543. The van der Waals surface area contributed by atoms with Crippen LogP contribution in [0.25, 0.3) is 0 Å². The second kappa shape index (κ2) is 6.40. The molecule has 1 saturated carbocycles. The largest absolute Gasteiger partial charge is 0.393 e. The van der Waals surface area contributed by atoms with Crippen LogP contribution in [-0.2, 0) is 19.1 Å². The maximum atomic E-state index is 11.3. The lowest BCUT2D eigenvalue weighted by atomic mass is 9.87. The van der Waals surface area contributed by atoms with Crippen LogP contribution in [0, 0.1) is 5.92 Å². The monoisotopic (exact) mass is 226 g/mol. The number of ether oxygens (including phenoxy) is 1. The van der Waals surface area contributed by atoms with Gasteiger partial charge in [-0.25, -0.2) is 0 Å². The van der Waals surface area contributed by atoms with Gasteiger partial charge >= 0.3 is 11.9 Å². The molecule has 0 aliphatic heterocycles. The van der Waals surface area contributed by atoms with Crippen molar-refractivity contribution in [3.05, 3.63) is 0 Å². The molecule has 0 bridgehead atoms. The summed E-state index contributed by atoms with van der Waals surface area (Å²) in [5, 5.41) is 0. The van der Waals surface area contributed by atoms with Crippen LogP contribution in [0.3, 0.4) is 0 Å². The van der Waals surface area contributed by atoms with Gasteiger partial charge in [-0.2, -0.15) is 0 Å². The van der Waals surface area contributed by atoms with Gasteiger partial charge in [0, 0.05) is 6.42 Å². The predicted octanol–water partition coefficient (Wildman–Crippen LogP) is 2.01. The van der Waals surface area contributed by atoms with Crippen molar-refractivity contribution in [1.29, 1.82) is 0 Å². The normalized spacial score (nSPS) is 16.8. The number of hydrogen-bond donors (Lipinski definition) is 0. The van der Waals surface area contributed by atoms with E-state index >= 15 is 0 Å². The standard InChI is InChI=1S/C12H18O4/c1-9(13)7-11(14)16-12(15)8-10-5-3-2-4-6-10/h10H,2-8H2,1H3. The Kier molecular flexibility index (Phi) is 5.15. The maximum absolute atomic E-state index is 11.3. The van der Waals surface area contributed by atoms with E-state index in [1.807, 2.05) is 0 Å². The molecule has 4 heteroatoms. The topological polar surface area (TPSA) is 60.4 Å². The average molecular weight is 226 g/mol. The van der Waals surface area contributed by atoms with E-state index < -0.39 is 11.9 Å². The molecule has 0 heterocycles. The zero-order chi connectivity index (χ0) is 12.0. The summed E-state index contributed by atoms with van der Waals surface area (Å²) in [6, 6.07) is 0. The van der Waals surface area contributed by atoms with Gasteiger partial charge in [-0.1, -0.05) is 19.3 Å². The Morgan fingerprint density at radius 3 is 2.25 bits per heavy atom. The van der Waals surface area contributed by atoms with Crippen LogP contribution >= 0.6 is 0 Å². The SMILES string of the molecule is CC(=O)CC(=O)OC(=O)CC1CCCCC1. The van der Waals surface area contributed by atoms with E-state index in [9.17, 15) is 14.4 Å². The van der Waals surface area contributed by atoms with Crippen molar-refractivity contribution in [1.82, 2.24) is 0 Å². The van der Waals surface area contributed by atoms with Crippen molar-refractivity contribution >= 4 is 17.7 Å². The van der Waals surface area contributed by atoms with Gasteiger partial charge in [0.05, 0.1) is 0 Å². The van der Waals surface area contributed by atoms with E-state index in [-0.39, 0.29) is 12.2 Å². The van der Waals surface area contributed by atoms with E-state index in [2.05, 4.69) is 4.74 Å². The van der Waals surface area contributed by atoms with Crippen LogP contribution in [-0.4, -0.2) is 17.7 Å². The molecule has 0 aromatic heterocycles. The van der Waals surface area contributed by atoms with E-state index in [0.29, 0.717) is 12.3 Å². The van der Waals surface area contributed by atoms with Crippen molar-refractivity contribution in [2.24, 2.45) is 5.92 Å². The third kappa shape index (κ3) is 5.05. The van der Waals surface area contributed by atoms with Gasteiger partial charge in [-0.05, 0) is 25.7 Å². The summed E-state index contributed by atoms with van der Waals surface area (Å²) in [7, 11) is 0. The summed E-state index contributed by atoms with van der Waals surface area (Å²) in [4.78, 5) is 33.0. The lowest BCUT2D eigenvalue weighted by molar-refractivity contribution is -0.160. The van der Waals surface area contributed by atoms with Crippen molar-refractivity contribution < 1.29 is 19.1 Å². The van der Waals surface area contributed by atoms with Crippen molar-refractivity contribution in [2.75, 3.05) is 0 Å². The van der Waals surface area contributed by atoms with Gasteiger partial charge in [0.25, 0.3) is 0 Å². The van der Waals surface area contributed by atoms with E-state index in [1.165, 1.54) is 13.3 Å². The highest BCUT2D eigenvalue weighted by Gasteiger charge is 2.20. The van der Waals surface area contributed by atoms with Crippen LogP contribution in [0.2, 0.25) is 0 Å². The molecule has 0 spiro atoms. The molecule has 1 aliphatic rings. The minimum atomic E-state index is -0.728. The van der Waals surface area contributed by atoms with E-state index in [1.54, 1.807) is 0 Å². The Balaban J connectivity index is 2.24. The zero-order valence-corrected chi connectivity index (χ0v) is 9.66. The predicted molar refractivity (Wildman–Crippen MR) is 57.6 cm³/mol. The minimum Gasteiger partial charge on any atom is -0.393 e. The molecule has 0 unspecified atom stereocenters. The molecule has 0 aromatic carbocycles. The minimum absolute atomic E-state index is 0.282. The highest BCUT2D eigenvalue weighted by Crippen LogP contribution is 2.26. The van der Waals surface area contributed by atoms with Crippen LogP contribution in [0.15, 0.2) is 0 Å². The van der Waals surface area contributed by atoms with Gasteiger partial charge in [0.1, 0.15) is 12.2 Å². The summed E-state index contributed by atoms with van der Waals surface area (Å²) in [6.07, 6.45) is 5.61. The summed E-state index contributed by atoms with van der Waals surface area (Å²) in [6.45, 7) is 1.30. The molecular formula is C12H18O4. The Labute approximate surface area is 95.3 Å². The maximum Gasteiger partial charge on any atom is 0.320 e. The fourth-order valence-corrected chi connectivity index (χ4v) is 2.03. The van der Waals surface area contributed by atoms with Crippen molar-refractivity contribution in [2.45, 2.75) is 51.9 Å². The Morgan fingerprint density at radius 1 is 1.06 bits per heavy atom. The molecule has 0 radical (unpaired) electrons. The third-order valence-electron chi connectivity index (χ3n) is 2.80. The molecular weight excluding hydrogens is 208 g/mol. The molecule has 1 aliphatic carbocycles. The first-order chi connectivity index (χ1) is 7.58. The Hall–Kier alpha value is -1.19. The van der Waals surface area contributed by atoms with Gasteiger partial charge in [-0.3, -0.25) is 14.4 Å². The molecule has 4 nitrogen and oxygen atoms in total. The second-order valence-electron chi connectivity index (χ2n) is 4.43. The van der Waals surface area contributed by atoms with Gasteiger partial charge in [0.15, 0.2) is 0 Å². The molecule has 1 fully saturated rings. The third-order valence-corrected chi connectivity index (χ3v) is 2.80. The average Bonchev–Trinajstić information content (AvgIpc) is 2.17. The lowest BCUT2D eigenvalue weighted by Gasteiger charge is -2.19. The van der Waals surface area contributed by atoms with Gasteiger partial charge in [-0.15, -0.1) is 0 Å². The number of ketones is 1. The highest BCUT2D eigenvalue weighted by molar-refractivity contribution is 5.98. The smallest absolute Gasteiger partial charge is 0.320 e. The number of esters is 2. The first-order valence-corrected chi connectivity index (χ1v) is 5.81. The molecule has 0 aromatic rings. The summed E-state index contributed by atoms with van der Waals surface area (Å²) < 4.78 is 4.57. The summed E-state index contributed by atoms with van der Waals surface area (Å²) in [5.41, 5.74) is 0. The second-order valence-corrected chi connectivity index (χ2v) is 4.43. The number of rotatable bonds is 4. The molecule has 0 saturated heterocycles. The number of carbonyl (C=O) groups is 3. The number of carbonyl (C=O) groups excluding carboxylic acids is 3. The molecule has 0 amide bonds. The zero-order valence-electron chi connectivity index (χ0n) is 9.66. The lowest BCUT2D eigenvalue weighted by Crippen LogP contribution is -2.18. The molecule has 0 atom stereocenters. The first kappa shape index (κ1) is 12.9. The fourth-order valence-electron chi connectivity index (χ4n) is 2.03.